The number of anilines is 1. The number of amides is 2. The highest BCUT2D eigenvalue weighted by molar-refractivity contribution is 7.90. The van der Waals surface area contributed by atoms with Crippen molar-refractivity contribution < 1.29 is 27.1 Å². The molecule has 0 bridgehead atoms. The fourth-order valence-corrected chi connectivity index (χ4v) is 5.76. The number of halogens is 2. The molecular weight excluding hydrogens is 613 g/mol. The first-order valence-corrected chi connectivity index (χ1v) is 15.7. The minimum atomic E-state index is -4.33. The maximum atomic E-state index is 15.6. The molecule has 0 aliphatic carbocycles. The Balaban J connectivity index is 1.70. The van der Waals surface area contributed by atoms with Crippen LogP contribution in [0.25, 0.3) is 16.8 Å². The summed E-state index contributed by atoms with van der Waals surface area (Å²) >= 11 is 6.41. The van der Waals surface area contributed by atoms with E-state index in [1.165, 1.54) is 47.9 Å². The van der Waals surface area contributed by atoms with Crippen LogP contribution in [0.4, 0.5) is 14.9 Å². The molecule has 11 nitrogen and oxygen atoms in total. The smallest absolute Gasteiger partial charge is 0.421 e. The first kappa shape index (κ1) is 32.4. The molecule has 4 aromatic rings. The average molecular weight is 644 g/mol. The number of aryl methyl sites for hydroxylation is 1. The number of hydrogen-bond acceptors (Lipinski definition) is 7. The summed E-state index contributed by atoms with van der Waals surface area (Å²) in [5, 5.41) is 7.43. The van der Waals surface area contributed by atoms with E-state index in [-0.39, 0.29) is 57.8 Å². The average Bonchev–Trinajstić information content (AvgIpc) is 3.29. The van der Waals surface area contributed by atoms with E-state index in [0.29, 0.717) is 24.4 Å². The van der Waals surface area contributed by atoms with Crippen molar-refractivity contribution in [3.05, 3.63) is 93.4 Å². The normalized spacial score (nSPS) is 11.3. The number of hydrogen-bond donors (Lipinski definition) is 2. The van der Waals surface area contributed by atoms with E-state index in [9.17, 15) is 22.8 Å². The molecule has 44 heavy (non-hydrogen) atoms. The summed E-state index contributed by atoms with van der Waals surface area (Å²) in [6.07, 6.45) is 0.216. The van der Waals surface area contributed by atoms with Crippen LogP contribution in [0.3, 0.4) is 0 Å². The van der Waals surface area contributed by atoms with E-state index >= 15 is 4.39 Å². The van der Waals surface area contributed by atoms with Crippen LogP contribution >= 0.6 is 11.6 Å². The molecule has 0 radical (unpaired) electrons. The van der Waals surface area contributed by atoms with Crippen molar-refractivity contribution in [3.63, 3.8) is 0 Å². The molecule has 0 atom stereocenters. The lowest BCUT2D eigenvalue weighted by Crippen LogP contribution is -2.31. The monoisotopic (exact) mass is 643 g/mol. The Bertz CT molecular complexity index is 1870. The molecule has 0 saturated carbocycles. The van der Waals surface area contributed by atoms with Crippen molar-refractivity contribution in [2.24, 2.45) is 0 Å². The second kappa shape index (κ2) is 13.9. The molecule has 2 N–H and O–H groups in total. The van der Waals surface area contributed by atoms with Gasteiger partial charge in [0.15, 0.2) is 0 Å². The Morgan fingerprint density at radius 2 is 1.80 bits per heavy atom. The van der Waals surface area contributed by atoms with Crippen molar-refractivity contribution in [2.75, 3.05) is 11.9 Å². The van der Waals surface area contributed by atoms with E-state index in [0.717, 1.165) is 4.68 Å². The van der Waals surface area contributed by atoms with Gasteiger partial charge in [0.1, 0.15) is 11.6 Å². The van der Waals surface area contributed by atoms with Gasteiger partial charge in [-0.3, -0.25) is 9.36 Å². The Morgan fingerprint density at radius 3 is 2.48 bits per heavy atom. The molecule has 3 aromatic carbocycles. The number of rotatable bonds is 11. The Kier molecular flexibility index (Phi) is 10.2. The topological polar surface area (TPSA) is 141 Å². The largest absolute Gasteiger partial charge is 0.449 e. The third-order valence-electron chi connectivity index (χ3n) is 6.55. The molecule has 0 aliphatic rings. The number of aromatic nitrogens is 3. The summed E-state index contributed by atoms with van der Waals surface area (Å²) in [5.41, 5.74) is 0.705. The highest BCUT2D eigenvalue weighted by Gasteiger charge is 2.23. The maximum absolute atomic E-state index is 15.6. The lowest BCUT2D eigenvalue weighted by atomic mass is 10.0. The summed E-state index contributed by atoms with van der Waals surface area (Å²) < 4.78 is 50.3. The summed E-state index contributed by atoms with van der Waals surface area (Å²) in [6, 6.07) is 14.7. The van der Waals surface area contributed by atoms with Crippen molar-refractivity contribution in [1.29, 1.82) is 0 Å². The van der Waals surface area contributed by atoms with Crippen LogP contribution in [0.2, 0.25) is 5.02 Å². The molecule has 4 rings (SSSR count). The van der Waals surface area contributed by atoms with Gasteiger partial charge in [0, 0.05) is 29.7 Å². The van der Waals surface area contributed by atoms with Crippen molar-refractivity contribution in [2.45, 2.75) is 51.5 Å². The quantitative estimate of drug-likeness (QED) is 0.227. The van der Waals surface area contributed by atoms with Crippen LogP contribution in [0.1, 0.15) is 45.0 Å². The van der Waals surface area contributed by atoms with Gasteiger partial charge in [-0.15, -0.1) is 5.10 Å². The number of carbonyl (C=O) groups is 2. The Hall–Kier alpha value is -4.49. The zero-order valence-corrected chi connectivity index (χ0v) is 25.8. The second-order valence-corrected chi connectivity index (χ2v) is 11.7. The summed E-state index contributed by atoms with van der Waals surface area (Å²) in [7, 11) is -4.33. The zero-order chi connectivity index (χ0) is 32.0. The second-order valence-electron chi connectivity index (χ2n) is 9.64. The maximum Gasteiger partial charge on any atom is 0.421 e. The molecule has 0 aliphatic heterocycles. The Labute approximate surface area is 258 Å². The minimum absolute atomic E-state index is 0.0196. The highest BCUT2D eigenvalue weighted by Crippen LogP contribution is 2.29. The molecule has 1 heterocycles. The third-order valence-corrected chi connectivity index (χ3v) is 8.24. The van der Waals surface area contributed by atoms with E-state index in [4.69, 9.17) is 11.6 Å². The summed E-state index contributed by atoms with van der Waals surface area (Å²) in [6.45, 7) is 4.99. The fraction of sp³-hybridized carbons (Fsp3) is 0.267. The van der Waals surface area contributed by atoms with E-state index in [1.54, 1.807) is 31.2 Å². The van der Waals surface area contributed by atoms with Crippen molar-refractivity contribution >= 4 is 39.3 Å². The predicted molar refractivity (Wildman–Crippen MR) is 164 cm³/mol. The molecule has 14 heteroatoms. The van der Waals surface area contributed by atoms with Gasteiger partial charge in [-0.25, -0.2) is 27.1 Å². The van der Waals surface area contributed by atoms with Gasteiger partial charge in [-0.2, -0.15) is 4.68 Å². The number of benzene rings is 3. The lowest BCUT2D eigenvalue weighted by molar-refractivity contribution is -0.115. The standard InChI is InChI=1S/C30H31ClFN5O6S/c1-4-9-27-34-37(25-17-21(14-15-23(25)31)33-28(38)5-2)30(40)36(27)18-20-13-12-19(16-24(20)32)22-10-7-8-11-26(22)44(41,42)35-29(39)43-6-3/h7-8,10-17H,4-6,9,18H2,1-3H3,(H,33,38)(H,35,39). The van der Waals surface area contributed by atoms with Crippen molar-refractivity contribution in [3.8, 4) is 16.8 Å². The van der Waals surface area contributed by atoms with Gasteiger partial charge >= 0.3 is 11.8 Å². The van der Waals surface area contributed by atoms with Crippen molar-refractivity contribution in [1.82, 2.24) is 19.1 Å². The highest BCUT2D eigenvalue weighted by atomic mass is 35.5. The van der Waals surface area contributed by atoms with Gasteiger partial charge < -0.3 is 10.1 Å². The van der Waals surface area contributed by atoms with E-state index in [1.807, 2.05) is 11.6 Å². The third kappa shape index (κ3) is 7.17. The lowest BCUT2D eigenvalue weighted by Gasteiger charge is -2.13. The molecule has 0 spiro atoms. The fourth-order valence-electron chi connectivity index (χ4n) is 4.44. The van der Waals surface area contributed by atoms with Crippen LogP contribution in [0, 0.1) is 5.82 Å². The van der Waals surface area contributed by atoms with Crippen LogP contribution in [0.5, 0.6) is 0 Å². The van der Waals surface area contributed by atoms with Crippen LogP contribution < -0.4 is 15.7 Å². The molecule has 232 valence electrons. The van der Waals surface area contributed by atoms with E-state index < -0.39 is 27.6 Å². The molecule has 0 unspecified atom stereocenters. The van der Waals surface area contributed by atoms with E-state index in [2.05, 4.69) is 15.2 Å². The first-order chi connectivity index (χ1) is 21.0. The van der Waals surface area contributed by atoms with Gasteiger partial charge in [0.2, 0.25) is 5.91 Å². The number of nitrogens with one attached hydrogen (secondary N) is 2. The van der Waals surface area contributed by atoms with Crippen LogP contribution in [-0.4, -0.2) is 41.4 Å². The molecule has 0 saturated heterocycles. The number of sulfonamides is 1. The predicted octanol–water partition coefficient (Wildman–Crippen LogP) is 5.28. The molecule has 2 amide bonds. The van der Waals surface area contributed by atoms with Gasteiger partial charge in [-0.1, -0.05) is 55.8 Å². The number of nitrogens with zero attached hydrogens (tertiary/aromatic N) is 3. The molecular formula is C30H31ClFN5O6S. The van der Waals surface area contributed by atoms with Gasteiger partial charge in [0.25, 0.3) is 10.0 Å². The van der Waals surface area contributed by atoms with Crippen LogP contribution in [-0.2, 0) is 32.5 Å². The summed E-state index contributed by atoms with van der Waals surface area (Å²) in [4.78, 5) is 37.0. The SMILES string of the molecule is CCCc1nn(-c2cc(NC(=O)CC)ccc2Cl)c(=O)n1Cc1ccc(-c2ccccc2S(=O)(=O)NC(=O)OCC)cc1F. The van der Waals surface area contributed by atoms with Gasteiger partial charge in [0.05, 0.1) is 28.8 Å². The summed E-state index contributed by atoms with van der Waals surface area (Å²) in [5.74, 6) is -0.490. The molecule has 1 aromatic heterocycles. The Morgan fingerprint density at radius 1 is 1.05 bits per heavy atom. The zero-order valence-electron chi connectivity index (χ0n) is 24.3. The number of carbonyl (C=O) groups excluding carboxylic acids is 2. The van der Waals surface area contributed by atoms with Gasteiger partial charge in [-0.05, 0) is 49.2 Å². The molecule has 0 fully saturated rings. The number of ether oxygens (including phenoxy) is 1. The first-order valence-electron chi connectivity index (χ1n) is 13.8. The minimum Gasteiger partial charge on any atom is -0.449 e. The van der Waals surface area contributed by atoms with Crippen LogP contribution in [0.15, 0.2) is 70.4 Å².